The third kappa shape index (κ3) is 7.33. The Morgan fingerprint density at radius 3 is 2.00 bits per heavy atom. The SMILES string of the molecule is C1CCCC1.Cc1ccc(N(CC(O)CN2CC3CN(C(=O)c4c(C)cccc4C)CC3C2)C(=O)O)cc1Cl. The van der Waals surface area contributed by atoms with Crippen molar-refractivity contribution in [3.8, 4) is 0 Å². The van der Waals surface area contributed by atoms with E-state index in [0.29, 0.717) is 42.2 Å². The quantitative estimate of drug-likeness (QED) is 0.473. The second-order valence-electron chi connectivity index (χ2n) is 11.5. The summed E-state index contributed by atoms with van der Waals surface area (Å²) in [6.45, 7) is 9.19. The first-order valence-corrected chi connectivity index (χ1v) is 14.5. The monoisotopic (exact) mass is 555 g/mol. The number of fused-ring (bicyclic) bond motifs is 1. The highest BCUT2D eigenvalue weighted by Crippen LogP contribution is 2.33. The standard InChI is InChI=1S/C26H32ClN3O4.C5H10/c1-16-7-8-21(9-23(16)27)30(26(33)34)15-22(31)14-28-10-19-12-29(13-20(19)11-28)25(32)24-17(2)5-4-6-18(24)3;1-2-4-5-3-1/h4-9,19-20,22,31H,10-15H2,1-3H3,(H,33,34);1-5H2. The number of hydrogen-bond acceptors (Lipinski definition) is 4. The largest absolute Gasteiger partial charge is 0.465 e. The van der Waals surface area contributed by atoms with Gasteiger partial charge in [-0.25, -0.2) is 4.79 Å². The summed E-state index contributed by atoms with van der Waals surface area (Å²) >= 11 is 6.16. The van der Waals surface area contributed by atoms with Crippen LogP contribution in [0, 0.1) is 32.6 Å². The van der Waals surface area contributed by atoms with Crippen LogP contribution in [0.25, 0.3) is 0 Å². The zero-order valence-electron chi connectivity index (χ0n) is 23.4. The Labute approximate surface area is 237 Å². The number of aliphatic hydroxyl groups is 1. The number of rotatable bonds is 6. The smallest absolute Gasteiger partial charge is 0.411 e. The molecule has 1 saturated carbocycles. The molecule has 3 aliphatic rings. The molecule has 2 N–H and O–H groups in total. The Morgan fingerprint density at radius 1 is 0.923 bits per heavy atom. The van der Waals surface area contributed by atoms with Gasteiger partial charge in [-0.15, -0.1) is 0 Å². The van der Waals surface area contributed by atoms with E-state index in [1.54, 1.807) is 18.2 Å². The first kappa shape index (κ1) is 29.4. The number of β-amino-alcohol motifs (C(OH)–C–C–N with tert-alkyl or cyclic N) is 1. The van der Waals surface area contributed by atoms with Gasteiger partial charge in [-0.2, -0.15) is 0 Å². The summed E-state index contributed by atoms with van der Waals surface area (Å²) < 4.78 is 0. The second-order valence-corrected chi connectivity index (χ2v) is 11.9. The molecule has 2 heterocycles. The minimum Gasteiger partial charge on any atom is -0.465 e. The van der Waals surface area contributed by atoms with Crippen LogP contribution in [0.4, 0.5) is 10.5 Å². The van der Waals surface area contributed by atoms with E-state index in [2.05, 4.69) is 4.90 Å². The summed E-state index contributed by atoms with van der Waals surface area (Å²) in [4.78, 5) is 30.2. The fourth-order valence-corrected chi connectivity index (χ4v) is 6.38. The van der Waals surface area contributed by atoms with Crippen molar-refractivity contribution in [3.05, 3.63) is 63.7 Å². The van der Waals surface area contributed by atoms with Gasteiger partial charge in [0.05, 0.1) is 12.6 Å². The number of nitrogens with zero attached hydrogens (tertiary/aromatic N) is 3. The lowest BCUT2D eigenvalue weighted by Crippen LogP contribution is -2.43. The molecule has 0 aromatic heterocycles. The predicted molar refractivity (Wildman–Crippen MR) is 156 cm³/mol. The van der Waals surface area contributed by atoms with E-state index in [4.69, 9.17) is 11.6 Å². The molecule has 2 saturated heterocycles. The fourth-order valence-electron chi connectivity index (χ4n) is 6.21. The summed E-state index contributed by atoms with van der Waals surface area (Å²) in [5.74, 6) is 0.837. The lowest BCUT2D eigenvalue weighted by molar-refractivity contribution is 0.0761. The van der Waals surface area contributed by atoms with Gasteiger partial charge in [0, 0.05) is 49.0 Å². The molecule has 8 heteroatoms. The third-order valence-corrected chi connectivity index (χ3v) is 8.76. The van der Waals surface area contributed by atoms with Gasteiger partial charge in [0.1, 0.15) is 0 Å². The highest BCUT2D eigenvalue weighted by atomic mass is 35.5. The van der Waals surface area contributed by atoms with Crippen LogP contribution >= 0.6 is 11.6 Å². The van der Waals surface area contributed by atoms with E-state index in [9.17, 15) is 19.8 Å². The van der Waals surface area contributed by atoms with Crippen LogP contribution in [0.5, 0.6) is 0 Å². The molecule has 2 aromatic rings. The van der Waals surface area contributed by atoms with Crippen molar-refractivity contribution in [3.63, 3.8) is 0 Å². The van der Waals surface area contributed by atoms with E-state index in [0.717, 1.165) is 40.2 Å². The number of aryl methyl sites for hydroxylation is 3. The number of carbonyl (C=O) groups excluding carboxylic acids is 1. The molecule has 3 atom stereocenters. The number of likely N-dealkylation sites (tertiary alicyclic amines) is 2. The fraction of sp³-hybridized carbons (Fsp3) is 0.548. The number of carboxylic acid groups (broad SMARTS) is 1. The molecule has 5 rings (SSSR count). The van der Waals surface area contributed by atoms with Crippen LogP contribution in [0.2, 0.25) is 5.02 Å². The molecule has 0 bridgehead atoms. The Hall–Kier alpha value is -2.61. The Morgan fingerprint density at radius 2 is 1.49 bits per heavy atom. The lowest BCUT2D eigenvalue weighted by atomic mass is 10.0. The van der Waals surface area contributed by atoms with Crippen LogP contribution in [-0.4, -0.2) is 77.4 Å². The van der Waals surface area contributed by atoms with Crippen molar-refractivity contribution in [1.29, 1.82) is 0 Å². The number of amides is 2. The van der Waals surface area contributed by atoms with Crippen molar-refractivity contribution in [2.75, 3.05) is 44.2 Å². The lowest BCUT2D eigenvalue weighted by Gasteiger charge is -2.27. The Balaban J connectivity index is 0.000000634. The van der Waals surface area contributed by atoms with E-state index < -0.39 is 12.2 Å². The highest BCUT2D eigenvalue weighted by Gasteiger charge is 2.42. The average molecular weight is 556 g/mol. The number of hydrogen-bond donors (Lipinski definition) is 2. The number of anilines is 1. The molecule has 2 aliphatic heterocycles. The van der Waals surface area contributed by atoms with E-state index in [1.165, 1.54) is 32.1 Å². The maximum Gasteiger partial charge on any atom is 0.411 e. The van der Waals surface area contributed by atoms with Gasteiger partial charge in [0.2, 0.25) is 0 Å². The van der Waals surface area contributed by atoms with Crippen molar-refractivity contribution in [2.24, 2.45) is 11.8 Å². The molecule has 1 aliphatic carbocycles. The zero-order chi connectivity index (χ0) is 28.1. The van der Waals surface area contributed by atoms with Crippen molar-refractivity contribution >= 4 is 29.3 Å². The first-order chi connectivity index (χ1) is 18.6. The van der Waals surface area contributed by atoms with Crippen molar-refractivity contribution in [2.45, 2.75) is 59.0 Å². The number of carbonyl (C=O) groups is 2. The van der Waals surface area contributed by atoms with Gasteiger partial charge in [0.25, 0.3) is 5.91 Å². The normalized spacial score (nSPS) is 21.3. The molecule has 2 aromatic carbocycles. The summed E-state index contributed by atoms with van der Waals surface area (Å²) in [5, 5.41) is 20.8. The summed E-state index contributed by atoms with van der Waals surface area (Å²) in [6.07, 6.45) is 5.54. The first-order valence-electron chi connectivity index (χ1n) is 14.2. The summed E-state index contributed by atoms with van der Waals surface area (Å²) in [7, 11) is 0. The minimum atomic E-state index is -1.13. The topological polar surface area (TPSA) is 84.3 Å². The average Bonchev–Trinajstić information content (AvgIpc) is 3.64. The molecule has 212 valence electrons. The summed E-state index contributed by atoms with van der Waals surface area (Å²) in [5.41, 5.74) is 4.13. The number of aliphatic hydroxyl groups excluding tert-OH is 1. The van der Waals surface area contributed by atoms with Crippen molar-refractivity contribution < 1.29 is 19.8 Å². The van der Waals surface area contributed by atoms with Gasteiger partial charge in [0.15, 0.2) is 0 Å². The minimum absolute atomic E-state index is 0.0300. The van der Waals surface area contributed by atoms with Gasteiger partial charge >= 0.3 is 6.09 Å². The second kappa shape index (κ2) is 13.2. The molecule has 2 amide bonds. The van der Waals surface area contributed by atoms with E-state index in [1.807, 2.05) is 43.9 Å². The summed E-state index contributed by atoms with van der Waals surface area (Å²) in [6, 6.07) is 11.0. The molecule has 3 unspecified atom stereocenters. The Bertz CT molecular complexity index is 1130. The van der Waals surface area contributed by atoms with Gasteiger partial charge in [-0.3, -0.25) is 14.6 Å². The highest BCUT2D eigenvalue weighted by molar-refractivity contribution is 6.31. The molecule has 0 radical (unpaired) electrons. The van der Waals surface area contributed by atoms with Gasteiger partial charge in [-0.1, -0.05) is 68.0 Å². The molecule has 0 spiro atoms. The maximum absolute atomic E-state index is 13.1. The van der Waals surface area contributed by atoms with Crippen LogP contribution in [-0.2, 0) is 0 Å². The Kier molecular flexibility index (Phi) is 9.91. The van der Waals surface area contributed by atoms with Gasteiger partial charge in [-0.05, 0) is 61.4 Å². The molecule has 39 heavy (non-hydrogen) atoms. The van der Waals surface area contributed by atoms with Gasteiger partial charge < -0.3 is 15.1 Å². The van der Waals surface area contributed by atoms with Crippen LogP contribution in [0.15, 0.2) is 36.4 Å². The molecule has 3 fully saturated rings. The zero-order valence-corrected chi connectivity index (χ0v) is 24.2. The van der Waals surface area contributed by atoms with E-state index in [-0.39, 0.29) is 12.5 Å². The predicted octanol–water partition coefficient (Wildman–Crippen LogP) is 5.77. The van der Waals surface area contributed by atoms with E-state index >= 15 is 0 Å². The molecular weight excluding hydrogens is 514 g/mol. The number of benzene rings is 2. The third-order valence-electron chi connectivity index (χ3n) is 8.35. The van der Waals surface area contributed by atoms with Crippen molar-refractivity contribution in [1.82, 2.24) is 9.80 Å². The molecule has 7 nitrogen and oxygen atoms in total. The van der Waals surface area contributed by atoms with Crippen LogP contribution in [0.3, 0.4) is 0 Å². The molecular formula is C31H42ClN3O4. The van der Waals surface area contributed by atoms with Crippen LogP contribution in [0.1, 0.15) is 59.2 Å². The maximum atomic E-state index is 13.1. The number of halogens is 1. The van der Waals surface area contributed by atoms with Crippen LogP contribution < -0.4 is 4.90 Å².